The predicted molar refractivity (Wildman–Crippen MR) is 106 cm³/mol. The predicted octanol–water partition coefficient (Wildman–Crippen LogP) is 1.00. The summed E-state index contributed by atoms with van der Waals surface area (Å²) in [6.07, 6.45) is 5.65. The van der Waals surface area contributed by atoms with E-state index in [2.05, 4.69) is 20.8 Å². The van der Waals surface area contributed by atoms with Crippen LogP contribution in [-0.4, -0.2) is 56.5 Å². The fourth-order valence-corrected chi connectivity index (χ4v) is 3.67. The van der Waals surface area contributed by atoms with Crippen molar-refractivity contribution >= 4 is 17.3 Å². The Balaban J connectivity index is 1.51. The lowest BCUT2D eigenvalue weighted by Crippen LogP contribution is -2.56. The molecule has 0 aromatic carbocycles. The number of rotatable bonds is 4. The molecule has 2 amide bonds. The lowest BCUT2D eigenvalue weighted by atomic mass is 10.0. The van der Waals surface area contributed by atoms with Gasteiger partial charge < -0.3 is 15.4 Å². The van der Waals surface area contributed by atoms with Crippen LogP contribution in [0.4, 0.5) is 0 Å². The van der Waals surface area contributed by atoms with Crippen molar-refractivity contribution in [3.8, 4) is 0 Å². The highest BCUT2D eigenvalue weighted by molar-refractivity contribution is 6.01. The number of aromatic nitrogens is 4. The van der Waals surface area contributed by atoms with Gasteiger partial charge in [0, 0.05) is 19.9 Å². The molecular formula is C20H24N6O3. The largest absolute Gasteiger partial charge is 0.379 e. The molecule has 0 unspecified atom stereocenters. The summed E-state index contributed by atoms with van der Waals surface area (Å²) in [7, 11) is 1.73. The molecule has 0 spiro atoms. The van der Waals surface area contributed by atoms with Crippen molar-refractivity contribution in [1.82, 2.24) is 30.0 Å². The van der Waals surface area contributed by atoms with Crippen LogP contribution < -0.4 is 10.6 Å². The molecule has 9 nitrogen and oxygen atoms in total. The highest BCUT2D eigenvalue weighted by atomic mass is 16.5. The normalized spacial score (nSPS) is 19.3. The molecule has 152 valence electrons. The molecule has 4 heterocycles. The van der Waals surface area contributed by atoms with E-state index in [0.29, 0.717) is 30.9 Å². The molecule has 0 radical (unpaired) electrons. The van der Waals surface area contributed by atoms with E-state index in [-0.39, 0.29) is 23.9 Å². The van der Waals surface area contributed by atoms with Gasteiger partial charge in [-0.25, -0.2) is 4.52 Å². The maximum absolute atomic E-state index is 12.9. The third kappa shape index (κ3) is 3.73. The van der Waals surface area contributed by atoms with Gasteiger partial charge >= 0.3 is 0 Å². The van der Waals surface area contributed by atoms with Gasteiger partial charge in [0.15, 0.2) is 0 Å². The summed E-state index contributed by atoms with van der Waals surface area (Å²) in [6, 6.07) is 3.28. The Morgan fingerprint density at radius 3 is 2.69 bits per heavy atom. The highest BCUT2D eigenvalue weighted by Crippen LogP contribution is 2.15. The zero-order valence-corrected chi connectivity index (χ0v) is 16.7. The smallest absolute Gasteiger partial charge is 0.270 e. The molecule has 3 aromatic heterocycles. The van der Waals surface area contributed by atoms with Crippen LogP contribution >= 0.6 is 0 Å². The standard InChI is InChI=1S/C20H24N6O3/c1-12-4-6-26-17(8-12)14(10-22-26)19(27)24-16-11-29-7-5-15(16)23-20(28)18-13(2)9-21-25(18)3/h4,6,8-10,15-16H,5,7,11H2,1-3H3,(H,23,28)(H,24,27)/t15-,16+/m1/s1. The number of nitrogens with zero attached hydrogens (tertiary/aromatic N) is 4. The minimum atomic E-state index is -0.339. The van der Waals surface area contributed by atoms with E-state index in [1.54, 1.807) is 28.6 Å². The number of carbonyl (C=O) groups excluding carboxylic acids is 2. The second-order valence-corrected chi connectivity index (χ2v) is 7.42. The van der Waals surface area contributed by atoms with Crippen LogP contribution in [0.25, 0.3) is 5.52 Å². The first kappa shape index (κ1) is 19.1. The number of hydrogen-bond acceptors (Lipinski definition) is 5. The molecular weight excluding hydrogens is 372 g/mol. The summed E-state index contributed by atoms with van der Waals surface area (Å²) in [5, 5.41) is 14.4. The third-order valence-corrected chi connectivity index (χ3v) is 5.25. The fourth-order valence-electron chi connectivity index (χ4n) is 3.67. The second kappa shape index (κ2) is 7.67. The number of amides is 2. The molecule has 2 N–H and O–H groups in total. The number of pyridine rings is 1. The van der Waals surface area contributed by atoms with Crippen molar-refractivity contribution < 1.29 is 14.3 Å². The van der Waals surface area contributed by atoms with Crippen LogP contribution in [0, 0.1) is 13.8 Å². The number of aryl methyl sites for hydroxylation is 3. The highest BCUT2D eigenvalue weighted by Gasteiger charge is 2.30. The van der Waals surface area contributed by atoms with Crippen molar-refractivity contribution in [1.29, 1.82) is 0 Å². The first-order valence-electron chi connectivity index (χ1n) is 9.56. The Bertz CT molecular complexity index is 1050. The van der Waals surface area contributed by atoms with E-state index in [4.69, 9.17) is 4.74 Å². The van der Waals surface area contributed by atoms with Crippen LogP contribution in [0.5, 0.6) is 0 Å². The molecule has 4 rings (SSSR count). The summed E-state index contributed by atoms with van der Waals surface area (Å²) in [5.41, 5.74) is 3.60. The minimum Gasteiger partial charge on any atom is -0.379 e. The van der Waals surface area contributed by atoms with Gasteiger partial charge in [-0.15, -0.1) is 0 Å². The first-order chi connectivity index (χ1) is 13.9. The molecule has 3 aromatic rings. The Labute approximate surface area is 168 Å². The van der Waals surface area contributed by atoms with Crippen LogP contribution in [0.3, 0.4) is 0 Å². The number of hydrogen-bond donors (Lipinski definition) is 2. The average Bonchev–Trinajstić information content (AvgIpc) is 3.25. The summed E-state index contributed by atoms with van der Waals surface area (Å²) in [5.74, 6) is -0.447. The Morgan fingerprint density at radius 1 is 1.14 bits per heavy atom. The molecule has 1 fully saturated rings. The van der Waals surface area contributed by atoms with E-state index < -0.39 is 0 Å². The van der Waals surface area contributed by atoms with Crippen LogP contribution in [0.2, 0.25) is 0 Å². The second-order valence-electron chi connectivity index (χ2n) is 7.42. The molecule has 0 aliphatic carbocycles. The molecule has 0 bridgehead atoms. The van der Waals surface area contributed by atoms with Gasteiger partial charge in [0.1, 0.15) is 5.69 Å². The summed E-state index contributed by atoms with van der Waals surface area (Å²) < 4.78 is 8.78. The van der Waals surface area contributed by atoms with Gasteiger partial charge in [-0.1, -0.05) is 0 Å². The minimum absolute atomic E-state index is 0.208. The topological polar surface area (TPSA) is 103 Å². The number of ether oxygens (including phenoxy) is 1. The van der Waals surface area contributed by atoms with Crippen molar-refractivity contribution in [3.63, 3.8) is 0 Å². The Hall–Kier alpha value is -3.20. The van der Waals surface area contributed by atoms with Gasteiger partial charge in [-0.3, -0.25) is 14.3 Å². The number of carbonyl (C=O) groups is 2. The van der Waals surface area contributed by atoms with Crippen LogP contribution in [0.15, 0.2) is 30.7 Å². The SMILES string of the molecule is Cc1ccn2ncc(C(=O)N[C@H]3COCC[C@H]3NC(=O)c3c(C)cnn3C)c2c1. The van der Waals surface area contributed by atoms with E-state index in [9.17, 15) is 9.59 Å². The maximum atomic E-state index is 12.9. The fraction of sp³-hybridized carbons (Fsp3) is 0.400. The molecule has 9 heteroatoms. The van der Waals surface area contributed by atoms with E-state index in [1.807, 2.05) is 32.2 Å². The van der Waals surface area contributed by atoms with Crippen molar-refractivity contribution in [2.24, 2.45) is 7.05 Å². The Kier molecular flexibility index (Phi) is 5.06. The van der Waals surface area contributed by atoms with Crippen LogP contribution in [-0.2, 0) is 11.8 Å². The van der Waals surface area contributed by atoms with E-state index in [1.165, 1.54) is 0 Å². The van der Waals surface area contributed by atoms with Crippen molar-refractivity contribution in [2.75, 3.05) is 13.2 Å². The van der Waals surface area contributed by atoms with Gasteiger partial charge in [-0.2, -0.15) is 10.2 Å². The molecule has 1 aliphatic rings. The molecule has 29 heavy (non-hydrogen) atoms. The zero-order valence-electron chi connectivity index (χ0n) is 16.7. The molecule has 1 saturated heterocycles. The monoisotopic (exact) mass is 396 g/mol. The Morgan fingerprint density at radius 2 is 1.93 bits per heavy atom. The van der Waals surface area contributed by atoms with Gasteiger partial charge in [0.25, 0.3) is 11.8 Å². The van der Waals surface area contributed by atoms with Crippen molar-refractivity contribution in [2.45, 2.75) is 32.4 Å². The number of nitrogens with one attached hydrogen (secondary N) is 2. The summed E-state index contributed by atoms with van der Waals surface area (Å²) >= 11 is 0. The molecule has 0 saturated carbocycles. The van der Waals surface area contributed by atoms with Gasteiger partial charge in [0.05, 0.1) is 42.2 Å². The van der Waals surface area contributed by atoms with Crippen LogP contribution in [0.1, 0.15) is 38.4 Å². The summed E-state index contributed by atoms with van der Waals surface area (Å²) in [6.45, 7) is 4.67. The summed E-state index contributed by atoms with van der Waals surface area (Å²) in [4.78, 5) is 25.7. The van der Waals surface area contributed by atoms with Gasteiger partial charge in [-0.05, 0) is 43.5 Å². The van der Waals surface area contributed by atoms with Gasteiger partial charge in [0.2, 0.25) is 0 Å². The third-order valence-electron chi connectivity index (χ3n) is 5.25. The quantitative estimate of drug-likeness (QED) is 0.685. The average molecular weight is 396 g/mol. The maximum Gasteiger partial charge on any atom is 0.270 e. The van der Waals surface area contributed by atoms with E-state index in [0.717, 1.165) is 16.6 Å². The first-order valence-corrected chi connectivity index (χ1v) is 9.56. The lowest BCUT2D eigenvalue weighted by Gasteiger charge is -2.32. The lowest BCUT2D eigenvalue weighted by molar-refractivity contribution is 0.0434. The van der Waals surface area contributed by atoms with Crippen molar-refractivity contribution in [3.05, 3.63) is 53.1 Å². The van der Waals surface area contributed by atoms with E-state index >= 15 is 0 Å². The zero-order chi connectivity index (χ0) is 20.5. The number of fused-ring (bicyclic) bond motifs is 1. The molecule has 2 atom stereocenters. The molecule has 1 aliphatic heterocycles.